The van der Waals surface area contributed by atoms with Crippen molar-refractivity contribution in [1.82, 2.24) is 9.55 Å². The van der Waals surface area contributed by atoms with Crippen molar-refractivity contribution < 1.29 is 13.2 Å². The van der Waals surface area contributed by atoms with E-state index >= 15 is 0 Å². The molecule has 1 atom stereocenters. The maximum atomic E-state index is 12.6. The molecule has 3 nitrogen and oxygen atoms in total. The van der Waals surface area contributed by atoms with Crippen LogP contribution in [0, 0.1) is 0 Å². The minimum Gasteiger partial charge on any atom is -0.363 e. The van der Waals surface area contributed by atoms with E-state index in [2.05, 4.69) is 22.9 Å². The van der Waals surface area contributed by atoms with Gasteiger partial charge in [0.2, 0.25) is 0 Å². The van der Waals surface area contributed by atoms with E-state index in [1.807, 2.05) is 18.2 Å². The molecule has 3 rings (SSSR count). The molecule has 0 unspecified atom stereocenters. The molecule has 0 N–H and O–H groups in total. The Labute approximate surface area is 121 Å². The first-order valence-electron chi connectivity index (χ1n) is 6.84. The van der Waals surface area contributed by atoms with Gasteiger partial charge < -0.3 is 9.47 Å². The van der Waals surface area contributed by atoms with Gasteiger partial charge in [0.05, 0.1) is 6.54 Å². The number of aromatic nitrogens is 2. The van der Waals surface area contributed by atoms with Gasteiger partial charge in [-0.3, -0.25) is 0 Å². The molecule has 0 fully saturated rings. The van der Waals surface area contributed by atoms with E-state index in [0.717, 1.165) is 12.2 Å². The largest absolute Gasteiger partial charge is 0.406 e. The number of halogens is 3. The van der Waals surface area contributed by atoms with Gasteiger partial charge in [-0.2, -0.15) is 13.2 Å². The Morgan fingerprint density at radius 1 is 1.29 bits per heavy atom. The molecule has 0 aliphatic carbocycles. The summed E-state index contributed by atoms with van der Waals surface area (Å²) in [5.41, 5.74) is 2.33. The third-order valence-electron chi connectivity index (χ3n) is 3.79. The molecule has 21 heavy (non-hydrogen) atoms. The molecule has 1 aromatic carbocycles. The second-order valence-corrected chi connectivity index (χ2v) is 5.43. The van der Waals surface area contributed by atoms with Gasteiger partial charge in [-0.1, -0.05) is 25.1 Å². The Balaban J connectivity index is 1.81. The topological polar surface area (TPSA) is 21.1 Å². The monoisotopic (exact) mass is 295 g/mol. The van der Waals surface area contributed by atoms with Gasteiger partial charge in [-0.15, -0.1) is 0 Å². The van der Waals surface area contributed by atoms with E-state index in [9.17, 15) is 13.2 Å². The number of benzene rings is 1. The summed E-state index contributed by atoms with van der Waals surface area (Å²) in [5, 5.41) is 0. The fourth-order valence-corrected chi connectivity index (χ4v) is 2.87. The average molecular weight is 295 g/mol. The Morgan fingerprint density at radius 2 is 2.05 bits per heavy atom. The molecule has 1 aliphatic heterocycles. The van der Waals surface area contributed by atoms with Gasteiger partial charge in [-0.05, 0) is 11.6 Å². The SMILES string of the molecule is C[C@H]1CN(Cc2nccn2CC(F)(F)F)c2ccccc21. The summed E-state index contributed by atoms with van der Waals surface area (Å²) in [7, 11) is 0. The lowest BCUT2D eigenvalue weighted by atomic mass is 10.0. The zero-order valence-electron chi connectivity index (χ0n) is 11.6. The quantitative estimate of drug-likeness (QED) is 0.863. The third-order valence-corrected chi connectivity index (χ3v) is 3.79. The zero-order chi connectivity index (χ0) is 15.0. The van der Waals surface area contributed by atoms with Crippen molar-refractivity contribution in [3.05, 3.63) is 48.0 Å². The summed E-state index contributed by atoms with van der Waals surface area (Å²) in [6.45, 7) is 2.33. The lowest BCUT2D eigenvalue weighted by Gasteiger charge is -2.20. The van der Waals surface area contributed by atoms with E-state index in [0.29, 0.717) is 18.3 Å². The predicted molar refractivity (Wildman–Crippen MR) is 74.2 cm³/mol. The van der Waals surface area contributed by atoms with Crippen LogP contribution in [0.15, 0.2) is 36.7 Å². The van der Waals surface area contributed by atoms with E-state index in [4.69, 9.17) is 0 Å². The lowest BCUT2D eigenvalue weighted by Crippen LogP contribution is -2.25. The molecule has 2 heterocycles. The second kappa shape index (κ2) is 5.09. The third kappa shape index (κ3) is 2.89. The highest BCUT2D eigenvalue weighted by Crippen LogP contribution is 2.36. The molecular formula is C15H16F3N3. The number of hydrogen-bond acceptors (Lipinski definition) is 2. The highest BCUT2D eigenvalue weighted by molar-refractivity contribution is 5.59. The number of rotatable bonds is 3. The summed E-state index contributed by atoms with van der Waals surface area (Å²) in [6, 6.07) is 8.02. The molecule has 6 heteroatoms. The van der Waals surface area contributed by atoms with Gasteiger partial charge >= 0.3 is 6.18 Å². The van der Waals surface area contributed by atoms with Crippen LogP contribution >= 0.6 is 0 Å². The van der Waals surface area contributed by atoms with Crippen molar-refractivity contribution in [3.63, 3.8) is 0 Å². The number of alkyl halides is 3. The van der Waals surface area contributed by atoms with E-state index < -0.39 is 12.7 Å². The Morgan fingerprint density at radius 3 is 2.81 bits per heavy atom. The van der Waals surface area contributed by atoms with E-state index in [1.165, 1.54) is 22.5 Å². The number of fused-ring (bicyclic) bond motifs is 1. The van der Waals surface area contributed by atoms with Crippen LogP contribution in [0.3, 0.4) is 0 Å². The van der Waals surface area contributed by atoms with Gasteiger partial charge in [0, 0.05) is 30.5 Å². The summed E-state index contributed by atoms with van der Waals surface area (Å²) in [4.78, 5) is 6.18. The molecule has 2 aromatic rings. The molecule has 0 amide bonds. The Hall–Kier alpha value is -1.98. The van der Waals surface area contributed by atoms with E-state index in [-0.39, 0.29) is 0 Å². The molecule has 0 saturated heterocycles. The van der Waals surface area contributed by atoms with Crippen LogP contribution in [0.1, 0.15) is 24.2 Å². The first-order valence-corrected chi connectivity index (χ1v) is 6.84. The number of anilines is 1. The van der Waals surface area contributed by atoms with Gasteiger partial charge in [0.1, 0.15) is 12.4 Å². The summed E-state index contributed by atoms with van der Waals surface area (Å²) < 4.78 is 38.8. The first-order chi connectivity index (χ1) is 9.94. The van der Waals surface area contributed by atoms with E-state index in [1.54, 1.807) is 0 Å². The molecule has 0 saturated carbocycles. The van der Waals surface area contributed by atoms with Crippen molar-refractivity contribution in [1.29, 1.82) is 0 Å². The fourth-order valence-electron chi connectivity index (χ4n) is 2.87. The number of hydrogen-bond donors (Lipinski definition) is 0. The number of nitrogens with zero attached hydrogens (tertiary/aromatic N) is 3. The molecule has 1 aliphatic rings. The summed E-state index contributed by atoms with van der Waals surface area (Å²) in [6.07, 6.45) is -1.42. The van der Waals surface area contributed by atoms with Crippen LogP contribution in [0.2, 0.25) is 0 Å². The standard InChI is InChI=1S/C15H16F3N3/c1-11-8-21(13-5-3-2-4-12(11)13)9-14-19-6-7-20(14)10-15(16,17)18/h2-7,11H,8-10H2,1H3/t11-/m0/s1. The zero-order valence-corrected chi connectivity index (χ0v) is 11.6. The van der Waals surface area contributed by atoms with Crippen LogP contribution < -0.4 is 4.90 Å². The van der Waals surface area contributed by atoms with Crippen LogP contribution in [-0.4, -0.2) is 22.3 Å². The van der Waals surface area contributed by atoms with Crippen LogP contribution in [-0.2, 0) is 13.1 Å². The predicted octanol–water partition coefficient (Wildman–Crippen LogP) is 3.57. The summed E-state index contributed by atoms with van der Waals surface area (Å²) >= 11 is 0. The van der Waals surface area contributed by atoms with Gasteiger partial charge in [0.15, 0.2) is 0 Å². The molecule has 0 spiro atoms. The first kappa shape index (κ1) is 14.0. The normalized spacial score (nSPS) is 18.1. The van der Waals surface area contributed by atoms with Crippen LogP contribution in [0.5, 0.6) is 0 Å². The van der Waals surface area contributed by atoms with Gasteiger partial charge in [-0.25, -0.2) is 4.98 Å². The van der Waals surface area contributed by atoms with Crippen molar-refractivity contribution in [2.45, 2.75) is 32.1 Å². The van der Waals surface area contributed by atoms with Gasteiger partial charge in [0.25, 0.3) is 0 Å². The molecule has 0 radical (unpaired) electrons. The smallest absolute Gasteiger partial charge is 0.363 e. The van der Waals surface area contributed by atoms with Crippen molar-refractivity contribution in [3.8, 4) is 0 Å². The summed E-state index contributed by atoms with van der Waals surface area (Å²) in [5.74, 6) is 0.823. The second-order valence-electron chi connectivity index (χ2n) is 5.43. The van der Waals surface area contributed by atoms with Crippen molar-refractivity contribution >= 4 is 5.69 Å². The molecular weight excluding hydrogens is 279 g/mol. The van der Waals surface area contributed by atoms with Crippen molar-refractivity contribution in [2.75, 3.05) is 11.4 Å². The highest BCUT2D eigenvalue weighted by Gasteiger charge is 2.30. The maximum absolute atomic E-state index is 12.6. The molecule has 1 aromatic heterocycles. The molecule has 112 valence electrons. The fraction of sp³-hybridized carbons (Fsp3) is 0.400. The Kier molecular flexibility index (Phi) is 3.39. The minimum atomic E-state index is -4.23. The number of para-hydroxylation sites is 1. The number of imidazole rings is 1. The van der Waals surface area contributed by atoms with Crippen LogP contribution in [0.4, 0.5) is 18.9 Å². The highest BCUT2D eigenvalue weighted by atomic mass is 19.4. The minimum absolute atomic E-state index is 0.382. The Bertz CT molecular complexity index is 633. The van der Waals surface area contributed by atoms with Crippen LogP contribution in [0.25, 0.3) is 0 Å². The molecule has 0 bridgehead atoms. The maximum Gasteiger partial charge on any atom is 0.406 e. The average Bonchev–Trinajstić information content (AvgIpc) is 2.95. The van der Waals surface area contributed by atoms with Crippen molar-refractivity contribution in [2.24, 2.45) is 0 Å². The lowest BCUT2D eigenvalue weighted by molar-refractivity contribution is -0.141.